The smallest absolute Gasteiger partial charge is 0.224 e. The lowest BCUT2D eigenvalue weighted by Gasteiger charge is -2.36. The van der Waals surface area contributed by atoms with Crippen LogP contribution in [0.1, 0.15) is 24.0 Å². The summed E-state index contributed by atoms with van der Waals surface area (Å²) in [6.07, 6.45) is 2.59. The molecule has 0 saturated carbocycles. The van der Waals surface area contributed by atoms with E-state index in [1.807, 2.05) is 35.2 Å². The van der Waals surface area contributed by atoms with Gasteiger partial charge in [-0.1, -0.05) is 12.1 Å². The predicted molar refractivity (Wildman–Crippen MR) is 114 cm³/mol. The van der Waals surface area contributed by atoms with Crippen molar-refractivity contribution in [1.82, 2.24) is 4.90 Å². The second-order valence-electron chi connectivity index (χ2n) is 7.61. The minimum Gasteiger partial charge on any atom is -0.497 e. The van der Waals surface area contributed by atoms with Crippen molar-refractivity contribution in [3.05, 3.63) is 53.6 Å². The van der Waals surface area contributed by atoms with Crippen molar-refractivity contribution in [3.63, 3.8) is 0 Å². The summed E-state index contributed by atoms with van der Waals surface area (Å²) in [7, 11) is 1.66. The molecule has 2 aliphatic rings. The first-order valence-electron chi connectivity index (χ1n) is 10.2. The molecule has 1 fully saturated rings. The largest absolute Gasteiger partial charge is 0.497 e. The summed E-state index contributed by atoms with van der Waals surface area (Å²) < 4.78 is 5.25. The standard InChI is InChI=1S/C23H27N3O3/c1-29-20-4-2-3-17(15-20)5-10-23(28)26-13-11-25(12-14-26)19-7-8-21-18(16-19)6-9-22(27)24-21/h2-4,7-8,15-16H,5-6,9-14H2,1H3,(H,24,27). The van der Waals surface area contributed by atoms with Crippen LogP contribution in [0.3, 0.4) is 0 Å². The zero-order valence-corrected chi connectivity index (χ0v) is 16.8. The second-order valence-corrected chi connectivity index (χ2v) is 7.61. The molecule has 4 rings (SSSR count). The Labute approximate surface area is 171 Å². The van der Waals surface area contributed by atoms with Crippen LogP contribution in [0.5, 0.6) is 5.75 Å². The van der Waals surface area contributed by atoms with Gasteiger partial charge >= 0.3 is 0 Å². The third kappa shape index (κ3) is 4.53. The van der Waals surface area contributed by atoms with Gasteiger partial charge in [0.15, 0.2) is 0 Å². The Bertz CT molecular complexity index is 904. The van der Waals surface area contributed by atoms with Gasteiger partial charge in [0.05, 0.1) is 7.11 Å². The second kappa shape index (κ2) is 8.55. The minimum atomic E-state index is 0.0892. The number of anilines is 2. The predicted octanol–water partition coefficient (Wildman–Crippen LogP) is 2.86. The number of piperazine rings is 1. The molecule has 6 nitrogen and oxygen atoms in total. The summed E-state index contributed by atoms with van der Waals surface area (Å²) in [5.41, 5.74) is 4.41. The highest BCUT2D eigenvalue weighted by atomic mass is 16.5. The molecule has 0 aromatic heterocycles. The van der Waals surface area contributed by atoms with Crippen LogP contribution in [0.25, 0.3) is 0 Å². The first kappa shape index (κ1) is 19.3. The van der Waals surface area contributed by atoms with Gasteiger partial charge in [0.25, 0.3) is 0 Å². The van der Waals surface area contributed by atoms with E-state index in [0.29, 0.717) is 12.8 Å². The van der Waals surface area contributed by atoms with Crippen LogP contribution in [0.2, 0.25) is 0 Å². The summed E-state index contributed by atoms with van der Waals surface area (Å²) >= 11 is 0. The highest BCUT2D eigenvalue weighted by molar-refractivity contribution is 5.94. The maximum absolute atomic E-state index is 12.6. The lowest BCUT2D eigenvalue weighted by atomic mass is 10.0. The van der Waals surface area contributed by atoms with Gasteiger partial charge in [-0.25, -0.2) is 0 Å². The van der Waals surface area contributed by atoms with E-state index >= 15 is 0 Å². The molecular formula is C23H27N3O3. The van der Waals surface area contributed by atoms with Crippen LogP contribution in [-0.2, 0) is 22.4 Å². The lowest BCUT2D eigenvalue weighted by Crippen LogP contribution is -2.48. The maximum atomic E-state index is 12.6. The molecule has 2 aromatic carbocycles. The zero-order valence-electron chi connectivity index (χ0n) is 16.8. The number of carbonyl (C=O) groups excluding carboxylic acids is 2. The van der Waals surface area contributed by atoms with Crippen LogP contribution in [0, 0.1) is 0 Å². The van der Waals surface area contributed by atoms with E-state index in [-0.39, 0.29) is 11.8 Å². The number of rotatable bonds is 5. The molecule has 152 valence electrons. The van der Waals surface area contributed by atoms with E-state index in [1.165, 1.54) is 11.3 Å². The van der Waals surface area contributed by atoms with Crippen LogP contribution in [0.4, 0.5) is 11.4 Å². The average Bonchev–Trinajstić information content (AvgIpc) is 2.77. The van der Waals surface area contributed by atoms with Gasteiger partial charge in [-0.3, -0.25) is 9.59 Å². The van der Waals surface area contributed by atoms with Gasteiger partial charge < -0.3 is 19.9 Å². The van der Waals surface area contributed by atoms with E-state index in [9.17, 15) is 9.59 Å². The highest BCUT2D eigenvalue weighted by Crippen LogP contribution is 2.28. The van der Waals surface area contributed by atoms with Crippen molar-refractivity contribution >= 4 is 23.2 Å². The van der Waals surface area contributed by atoms with Crippen molar-refractivity contribution in [2.75, 3.05) is 43.5 Å². The lowest BCUT2D eigenvalue weighted by molar-refractivity contribution is -0.131. The number of nitrogens with zero attached hydrogens (tertiary/aromatic N) is 2. The summed E-state index contributed by atoms with van der Waals surface area (Å²) in [5.74, 6) is 1.13. The van der Waals surface area contributed by atoms with Crippen LogP contribution >= 0.6 is 0 Å². The Morgan fingerprint density at radius 1 is 1.07 bits per heavy atom. The number of nitrogens with one attached hydrogen (secondary N) is 1. The number of methoxy groups -OCH3 is 1. The Kier molecular flexibility index (Phi) is 5.69. The molecule has 2 heterocycles. The van der Waals surface area contributed by atoms with Gasteiger partial charge in [-0.2, -0.15) is 0 Å². The molecule has 1 saturated heterocycles. The highest BCUT2D eigenvalue weighted by Gasteiger charge is 2.22. The number of benzene rings is 2. The summed E-state index contributed by atoms with van der Waals surface area (Å²) in [5, 5.41) is 2.93. The van der Waals surface area contributed by atoms with Crippen LogP contribution in [0.15, 0.2) is 42.5 Å². The van der Waals surface area contributed by atoms with E-state index in [1.54, 1.807) is 7.11 Å². The van der Waals surface area contributed by atoms with Crippen LogP contribution in [-0.4, -0.2) is 50.0 Å². The molecule has 0 unspecified atom stereocenters. The van der Waals surface area contributed by atoms with Gasteiger partial charge in [0, 0.05) is 50.4 Å². The quantitative estimate of drug-likeness (QED) is 0.849. The van der Waals surface area contributed by atoms with Gasteiger partial charge in [-0.05, 0) is 54.3 Å². The minimum absolute atomic E-state index is 0.0892. The average molecular weight is 393 g/mol. The van der Waals surface area contributed by atoms with Crippen molar-refractivity contribution in [1.29, 1.82) is 0 Å². The molecule has 1 N–H and O–H groups in total. The van der Waals surface area contributed by atoms with Crippen molar-refractivity contribution < 1.29 is 14.3 Å². The molecule has 0 spiro atoms. The molecule has 29 heavy (non-hydrogen) atoms. The van der Waals surface area contributed by atoms with Crippen molar-refractivity contribution in [2.24, 2.45) is 0 Å². The zero-order chi connectivity index (χ0) is 20.2. The molecule has 0 aliphatic carbocycles. The summed E-state index contributed by atoms with van der Waals surface area (Å²) in [6, 6.07) is 14.1. The van der Waals surface area contributed by atoms with Crippen LogP contribution < -0.4 is 15.0 Å². The third-order valence-electron chi connectivity index (χ3n) is 5.74. The fourth-order valence-corrected chi connectivity index (χ4v) is 4.02. The Morgan fingerprint density at radius 3 is 2.69 bits per heavy atom. The fourth-order valence-electron chi connectivity index (χ4n) is 4.02. The van der Waals surface area contributed by atoms with Gasteiger partial charge in [0.2, 0.25) is 11.8 Å². The van der Waals surface area contributed by atoms with Gasteiger partial charge in [-0.15, -0.1) is 0 Å². The van der Waals surface area contributed by atoms with E-state index in [2.05, 4.69) is 22.3 Å². The molecule has 2 aliphatic heterocycles. The first-order chi connectivity index (χ1) is 14.1. The number of hydrogen-bond donors (Lipinski definition) is 1. The maximum Gasteiger partial charge on any atom is 0.224 e. The Balaban J connectivity index is 1.30. The number of fused-ring (bicyclic) bond motifs is 1. The third-order valence-corrected chi connectivity index (χ3v) is 5.74. The van der Waals surface area contributed by atoms with Crippen molar-refractivity contribution in [2.45, 2.75) is 25.7 Å². The number of amides is 2. The number of carbonyl (C=O) groups is 2. The Hall–Kier alpha value is -3.02. The molecule has 2 aromatic rings. The van der Waals surface area contributed by atoms with E-state index in [0.717, 1.165) is 56.0 Å². The van der Waals surface area contributed by atoms with E-state index < -0.39 is 0 Å². The molecule has 6 heteroatoms. The topological polar surface area (TPSA) is 61.9 Å². The fraction of sp³-hybridized carbons (Fsp3) is 0.391. The SMILES string of the molecule is COc1cccc(CCC(=O)N2CCN(c3ccc4c(c3)CCC(=O)N4)CC2)c1. The monoisotopic (exact) mass is 393 g/mol. The normalized spacial score (nSPS) is 16.2. The van der Waals surface area contributed by atoms with E-state index in [4.69, 9.17) is 4.74 Å². The molecule has 0 bridgehead atoms. The number of ether oxygens (including phenoxy) is 1. The van der Waals surface area contributed by atoms with Crippen molar-refractivity contribution in [3.8, 4) is 5.75 Å². The number of aryl methyl sites for hydroxylation is 2. The molecule has 0 atom stereocenters. The first-order valence-corrected chi connectivity index (χ1v) is 10.2. The summed E-state index contributed by atoms with van der Waals surface area (Å²) in [4.78, 5) is 28.4. The summed E-state index contributed by atoms with van der Waals surface area (Å²) in [6.45, 7) is 3.14. The molecule has 2 amide bonds. The Morgan fingerprint density at radius 2 is 1.90 bits per heavy atom. The molecule has 0 radical (unpaired) electrons. The number of hydrogen-bond acceptors (Lipinski definition) is 4. The van der Waals surface area contributed by atoms with Gasteiger partial charge in [0.1, 0.15) is 5.75 Å². The molecular weight excluding hydrogens is 366 g/mol.